The van der Waals surface area contributed by atoms with Crippen LogP contribution in [-0.4, -0.2) is 45.8 Å². The molecule has 2 heterocycles. The first kappa shape index (κ1) is 17.9. The number of carboxylic acids is 1. The van der Waals surface area contributed by atoms with Gasteiger partial charge in [0.1, 0.15) is 10.9 Å². The number of thioether (sulfide) groups is 1. The average molecular weight is 377 g/mol. The number of carbonyl (C=O) groups is 2. The highest BCUT2D eigenvalue weighted by Crippen LogP contribution is 2.34. The van der Waals surface area contributed by atoms with Crippen molar-refractivity contribution < 1.29 is 14.7 Å². The van der Waals surface area contributed by atoms with Crippen LogP contribution in [0.15, 0.2) is 23.1 Å². The van der Waals surface area contributed by atoms with Gasteiger partial charge in [0.25, 0.3) is 5.91 Å². The second-order valence-corrected chi connectivity index (χ2v) is 7.82. The number of anilines is 1. The quantitative estimate of drug-likeness (QED) is 0.608. The van der Waals surface area contributed by atoms with E-state index in [-0.39, 0.29) is 5.91 Å². The van der Waals surface area contributed by atoms with Crippen LogP contribution in [0, 0.1) is 0 Å². The average Bonchev–Trinajstić information content (AvgIpc) is 3.08. The molecule has 5 nitrogen and oxygen atoms in total. The number of hydrogen-bond acceptors (Lipinski definition) is 5. The zero-order chi connectivity index (χ0) is 18.0. The molecule has 2 aliphatic rings. The second-order valence-electron chi connectivity index (χ2n) is 6.14. The highest BCUT2D eigenvalue weighted by atomic mass is 32.2. The summed E-state index contributed by atoms with van der Waals surface area (Å²) in [6, 6.07) is 6.24. The van der Waals surface area contributed by atoms with Crippen molar-refractivity contribution in [2.24, 2.45) is 0 Å². The first-order chi connectivity index (χ1) is 12.0. The number of carboxylic acid groups (broad SMARTS) is 1. The summed E-state index contributed by atoms with van der Waals surface area (Å²) in [5.74, 6) is -1.40. The number of rotatable bonds is 6. The van der Waals surface area contributed by atoms with Gasteiger partial charge in [0.2, 0.25) is 0 Å². The number of unbranched alkanes of at least 4 members (excludes halogenated alkanes) is 1. The summed E-state index contributed by atoms with van der Waals surface area (Å²) < 4.78 is 0.297. The van der Waals surface area contributed by atoms with Crippen LogP contribution in [0.25, 0.3) is 6.08 Å². The molecule has 7 heteroatoms. The van der Waals surface area contributed by atoms with Crippen LogP contribution in [0.5, 0.6) is 0 Å². The highest BCUT2D eigenvalue weighted by Gasteiger charge is 2.33. The molecule has 1 fully saturated rings. The summed E-state index contributed by atoms with van der Waals surface area (Å²) in [6.07, 6.45) is 5.19. The lowest BCUT2D eigenvalue weighted by Gasteiger charge is -2.18. The van der Waals surface area contributed by atoms with Crippen LogP contribution in [0.3, 0.4) is 0 Å². The van der Waals surface area contributed by atoms with E-state index in [0.717, 1.165) is 41.7 Å². The van der Waals surface area contributed by atoms with Gasteiger partial charge in [-0.3, -0.25) is 14.5 Å². The number of aliphatic carboxylic acids is 1. The zero-order valence-corrected chi connectivity index (χ0v) is 15.7. The lowest BCUT2D eigenvalue weighted by Crippen LogP contribution is -2.33. The van der Waals surface area contributed by atoms with Crippen LogP contribution in [-0.2, 0) is 16.0 Å². The van der Waals surface area contributed by atoms with E-state index in [0.29, 0.717) is 9.23 Å². The van der Waals surface area contributed by atoms with Crippen molar-refractivity contribution in [3.05, 3.63) is 34.2 Å². The molecule has 132 valence electrons. The summed E-state index contributed by atoms with van der Waals surface area (Å²) in [5.41, 5.74) is 3.53. The Labute approximate surface area is 156 Å². The van der Waals surface area contributed by atoms with Gasteiger partial charge < -0.3 is 10.0 Å². The molecule has 1 aromatic carbocycles. The summed E-state index contributed by atoms with van der Waals surface area (Å²) in [5, 5.41) is 8.89. The molecular weight excluding hydrogens is 356 g/mol. The molecule has 0 bridgehead atoms. The molecule has 0 aliphatic carbocycles. The normalized spacial score (nSPS) is 18.4. The minimum Gasteiger partial charge on any atom is -0.480 e. The maximum Gasteiger partial charge on any atom is 0.323 e. The lowest BCUT2D eigenvalue weighted by atomic mass is 10.1. The fourth-order valence-electron chi connectivity index (χ4n) is 3.08. The van der Waals surface area contributed by atoms with Crippen molar-refractivity contribution in [2.75, 3.05) is 24.5 Å². The van der Waals surface area contributed by atoms with Crippen LogP contribution in [0.2, 0.25) is 0 Å². The van der Waals surface area contributed by atoms with Crippen molar-refractivity contribution >= 4 is 51.9 Å². The minimum absolute atomic E-state index is 0.297. The predicted molar refractivity (Wildman–Crippen MR) is 105 cm³/mol. The third-order valence-corrected chi connectivity index (χ3v) is 5.72. The van der Waals surface area contributed by atoms with Gasteiger partial charge in [-0.1, -0.05) is 43.4 Å². The van der Waals surface area contributed by atoms with E-state index in [9.17, 15) is 9.59 Å². The van der Waals surface area contributed by atoms with E-state index in [1.54, 1.807) is 6.08 Å². The van der Waals surface area contributed by atoms with E-state index < -0.39 is 12.5 Å². The molecule has 1 aromatic rings. The highest BCUT2D eigenvalue weighted by molar-refractivity contribution is 8.26. The smallest absolute Gasteiger partial charge is 0.323 e. The van der Waals surface area contributed by atoms with Crippen LogP contribution < -0.4 is 4.90 Å². The van der Waals surface area contributed by atoms with E-state index >= 15 is 0 Å². The van der Waals surface area contributed by atoms with Crippen molar-refractivity contribution in [3.63, 3.8) is 0 Å². The molecule has 1 amide bonds. The van der Waals surface area contributed by atoms with Crippen LogP contribution >= 0.6 is 24.0 Å². The Morgan fingerprint density at radius 3 is 2.96 bits per heavy atom. The van der Waals surface area contributed by atoms with E-state index in [2.05, 4.69) is 24.0 Å². The maximum absolute atomic E-state index is 12.3. The molecule has 0 radical (unpaired) electrons. The number of fused-ring (bicyclic) bond motifs is 1. The van der Waals surface area contributed by atoms with Crippen molar-refractivity contribution in [1.29, 1.82) is 0 Å². The van der Waals surface area contributed by atoms with Gasteiger partial charge in [0.05, 0.1) is 4.91 Å². The molecule has 0 spiro atoms. The molecule has 25 heavy (non-hydrogen) atoms. The molecular formula is C18H20N2O3S2. The standard InChI is InChI=1S/C18H20N2O3S2/c1-2-3-7-19-8-6-13-9-12(4-5-14(13)19)10-15-17(23)20(11-16(21)22)18(24)25-15/h4-5,9-10H,2-3,6-8,11H2,1H3,(H,21,22)/b15-10-. The van der Waals surface area contributed by atoms with Crippen molar-refractivity contribution in [3.8, 4) is 0 Å². The lowest BCUT2D eigenvalue weighted by molar-refractivity contribution is -0.140. The molecule has 0 aromatic heterocycles. The van der Waals surface area contributed by atoms with Crippen molar-refractivity contribution in [1.82, 2.24) is 4.90 Å². The molecule has 1 saturated heterocycles. The number of hydrogen-bond donors (Lipinski definition) is 1. The molecule has 3 rings (SSSR count). The summed E-state index contributed by atoms with van der Waals surface area (Å²) in [7, 11) is 0. The Balaban J connectivity index is 1.78. The van der Waals surface area contributed by atoms with Crippen molar-refractivity contribution in [2.45, 2.75) is 26.2 Å². The first-order valence-electron chi connectivity index (χ1n) is 8.34. The van der Waals surface area contributed by atoms with Gasteiger partial charge in [-0.2, -0.15) is 0 Å². The monoisotopic (exact) mass is 376 g/mol. The van der Waals surface area contributed by atoms with E-state index in [4.69, 9.17) is 17.3 Å². The second kappa shape index (κ2) is 7.58. The number of nitrogens with zero attached hydrogens (tertiary/aromatic N) is 2. The molecule has 0 saturated carbocycles. The number of carbonyl (C=O) groups excluding carboxylic acids is 1. The Bertz CT molecular complexity index is 761. The predicted octanol–water partition coefficient (Wildman–Crippen LogP) is 3.14. The minimum atomic E-state index is -1.07. The largest absolute Gasteiger partial charge is 0.480 e. The first-order valence-corrected chi connectivity index (χ1v) is 9.57. The summed E-state index contributed by atoms with van der Waals surface area (Å²) in [6.45, 7) is 3.93. The van der Waals surface area contributed by atoms with E-state index in [1.165, 1.54) is 24.1 Å². The summed E-state index contributed by atoms with van der Waals surface area (Å²) >= 11 is 6.28. The van der Waals surface area contributed by atoms with E-state index in [1.807, 2.05) is 6.07 Å². The Morgan fingerprint density at radius 1 is 1.44 bits per heavy atom. The fraction of sp³-hybridized carbons (Fsp3) is 0.389. The van der Waals surface area contributed by atoms with Crippen LogP contribution in [0.4, 0.5) is 5.69 Å². The van der Waals surface area contributed by atoms with Gasteiger partial charge >= 0.3 is 5.97 Å². The number of benzene rings is 1. The van der Waals surface area contributed by atoms with Gasteiger partial charge in [0.15, 0.2) is 0 Å². The molecule has 1 N–H and O–H groups in total. The zero-order valence-electron chi connectivity index (χ0n) is 14.0. The Kier molecular flexibility index (Phi) is 5.44. The SMILES string of the molecule is CCCCN1CCc2cc(/C=C3\SC(=S)N(CC(=O)O)C3=O)ccc21. The molecule has 0 atom stereocenters. The fourth-order valence-corrected chi connectivity index (χ4v) is 4.34. The molecule has 2 aliphatic heterocycles. The Morgan fingerprint density at radius 2 is 2.24 bits per heavy atom. The third-order valence-electron chi connectivity index (χ3n) is 4.34. The molecule has 0 unspecified atom stereocenters. The van der Waals surface area contributed by atoms with Gasteiger partial charge in [0, 0.05) is 18.8 Å². The summed E-state index contributed by atoms with van der Waals surface area (Å²) in [4.78, 5) is 27.2. The number of thiocarbonyl (C=S) groups is 1. The number of amides is 1. The third kappa shape index (κ3) is 3.88. The topological polar surface area (TPSA) is 60.9 Å². The Hall–Kier alpha value is -1.86. The maximum atomic E-state index is 12.3. The van der Waals surface area contributed by atoms with Crippen LogP contribution in [0.1, 0.15) is 30.9 Å². The van der Waals surface area contributed by atoms with Gasteiger partial charge in [-0.15, -0.1) is 0 Å². The van der Waals surface area contributed by atoms with Gasteiger partial charge in [-0.05, 0) is 42.2 Å². The van der Waals surface area contributed by atoms with Gasteiger partial charge in [-0.25, -0.2) is 0 Å².